The number of hydrogen-bond donors (Lipinski definition) is 5. The fourth-order valence-electron chi connectivity index (χ4n) is 4.43. The van der Waals surface area contributed by atoms with Crippen molar-refractivity contribution in [2.24, 2.45) is 21.7 Å². The number of aliphatic imine (C=N–C) groups is 1. The Morgan fingerprint density at radius 3 is 2.61 bits per heavy atom. The van der Waals surface area contributed by atoms with Crippen molar-refractivity contribution in [1.29, 1.82) is 0 Å². The molecule has 2 aromatic heterocycles. The number of nitrogens with two attached hydrogens (primary N) is 3. The monoisotopic (exact) mass is 512 g/mol. The highest BCUT2D eigenvalue weighted by Crippen LogP contribution is 2.33. The van der Waals surface area contributed by atoms with E-state index in [9.17, 15) is 4.79 Å². The number of pyridine rings is 1. The predicted molar refractivity (Wildman–Crippen MR) is 154 cm³/mol. The molecule has 0 amide bonds. The van der Waals surface area contributed by atoms with Crippen LogP contribution in [-0.4, -0.2) is 24.1 Å². The molecule has 8 N–H and O–H groups in total. The summed E-state index contributed by atoms with van der Waals surface area (Å²) in [5.74, 6) is 5.95. The van der Waals surface area contributed by atoms with E-state index < -0.39 is 0 Å². The van der Waals surface area contributed by atoms with Crippen molar-refractivity contribution in [3.63, 3.8) is 0 Å². The molecule has 2 aromatic carbocycles. The van der Waals surface area contributed by atoms with E-state index in [-0.39, 0.29) is 17.3 Å². The lowest BCUT2D eigenvalue weighted by Gasteiger charge is -2.20. The first-order valence-electron chi connectivity index (χ1n) is 12.1. The van der Waals surface area contributed by atoms with E-state index >= 15 is 0 Å². The summed E-state index contributed by atoms with van der Waals surface area (Å²) in [4.78, 5) is 22.1. The normalized spacial score (nSPS) is 12.7. The van der Waals surface area contributed by atoms with Gasteiger partial charge in [0.05, 0.1) is 17.1 Å². The SMILES string of the molecule is CN=Cc1cc(-c2oc3c(C(C)Nc4ccc(C)nc4/C(N)=N/NN)cc(C)cc3c(=O)c2C)ccc1N. The molecule has 4 rings (SSSR count). The Bertz CT molecular complexity index is 1640. The van der Waals surface area contributed by atoms with Crippen LogP contribution in [0.15, 0.2) is 61.8 Å². The van der Waals surface area contributed by atoms with Crippen molar-refractivity contribution >= 4 is 34.4 Å². The van der Waals surface area contributed by atoms with Crippen LogP contribution in [0.2, 0.25) is 0 Å². The van der Waals surface area contributed by atoms with Gasteiger partial charge in [-0.2, -0.15) is 0 Å². The number of nitrogens with one attached hydrogen (secondary N) is 2. The molecule has 10 heteroatoms. The van der Waals surface area contributed by atoms with Gasteiger partial charge in [0.25, 0.3) is 0 Å². The molecule has 0 saturated carbocycles. The second-order valence-electron chi connectivity index (χ2n) is 9.19. The van der Waals surface area contributed by atoms with Gasteiger partial charge in [-0.1, -0.05) is 6.07 Å². The largest absolute Gasteiger partial charge is 0.455 e. The summed E-state index contributed by atoms with van der Waals surface area (Å²) in [6.45, 7) is 7.56. The number of aryl methyl sites for hydroxylation is 2. The first kappa shape index (κ1) is 26.4. The molecule has 4 aromatic rings. The lowest BCUT2D eigenvalue weighted by atomic mass is 9.98. The predicted octanol–water partition coefficient (Wildman–Crippen LogP) is 3.67. The number of nitrogen functional groups attached to an aromatic ring is 1. The molecule has 10 nitrogen and oxygen atoms in total. The molecule has 0 saturated heterocycles. The highest BCUT2D eigenvalue weighted by molar-refractivity contribution is 6.00. The molecular formula is C28H32N8O2. The summed E-state index contributed by atoms with van der Waals surface area (Å²) in [6.07, 6.45) is 1.68. The third kappa shape index (κ3) is 5.07. The van der Waals surface area contributed by atoms with Gasteiger partial charge in [0.2, 0.25) is 0 Å². The second kappa shape index (κ2) is 10.7. The first-order chi connectivity index (χ1) is 18.1. The third-order valence-corrected chi connectivity index (χ3v) is 6.31. The maximum absolute atomic E-state index is 13.5. The van der Waals surface area contributed by atoms with Gasteiger partial charge >= 0.3 is 0 Å². The van der Waals surface area contributed by atoms with Crippen molar-refractivity contribution in [2.75, 3.05) is 18.1 Å². The van der Waals surface area contributed by atoms with Crippen molar-refractivity contribution < 1.29 is 4.42 Å². The van der Waals surface area contributed by atoms with Gasteiger partial charge in [0, 0.05) is 46.9 Å². The standard InChI is InChI=1S/C28H32N8O2/c1-14-10-20(17(4)34-23-9-6-15(2)33-24(23)28(30)35-36-31)27-21(11-14)25(37)16(3)26(38-27)18-7-8-22(29)19(12-18)13-32-5/h6-13,17,34,36H,29,31H2,1-5H3,(H2,30,35). The van der Waals surface area contributed by atoms with Crippen LogP contribution in [-0.2, 0) is 0 Å². The van der Waals surface area contributed by atoms with Gasteiger partial charge in [-0.15, -0.1) is 5.10 Å². The number of aromatic nitrogens is 1. The number of anilines is 2. The molecule has 0 bridgehead atoms. The Morgan fingerprint density at radius 1 is 1.13 bits per heavy atom. The molecular weight excluding hydrogens is 480 g/mol. The number of amidine groups is 1. The highest BCUT2D eigenvalue weighted by atomic mass is 16.3. The molecule has 0 spiro atoms. The van der Waals surface area contributed by atoms with Crippen LogP contribution >= 0.6 is 0 Å². The Hall–Kier alpha value is -4.70. The molecule has 0 fully saturated rings. The molecule has 196 valence electrons. The summed E-state index contributed by atoms with van der Waals surface area (Å²) in [6, 6.07) is 12.8. The average Bonchev–Trinajstić information content (AvgIpc) is 2.88. The number of fused-ring (bicyclic) bond motifs is 1. The quantitative estimate of drug-likeness (QED) is 0.0821. The zero-order chi connectivity index (χ0) is 27.6. The molecule has 0 radical (unpaired) electrons. The smallest absolute Gasteiger partial charge is 0.196 e. The van der Waals surface area contributed by atoms with Gasteiger partial charge in [-0.3, -0.25) is 9.79 Å². The Kier molecular flexibility index (Phi) is 7.45. The van der Waals surface area contributed by atoms with Gasteiger partial charge in [-0.25, -0.2) is 16.4 Å². The van der Waals surface area contributed by atoms with E-state index in [1.54, 1.807) is 26.3 Å². The van der Waals surface area contributed by atoms with Gasteiger partial charge in [0.1, 0.15) is 17.0 Å². The van der Waals surface area contributed by atoms with Gasteiger partial charge in [-0.05, 0) is 69.7 Å². The zero-order valence-corrected chi connectivity index (χ0v) is 22.1. The summed E-state index contributed by atoms with van der Waals surface area (Å²) >= 11 is 0. The molecule has 0 aliphatic heterocycles. The molecule has 1 unspecified atom stereocenters. The number of nitrogens with zero attached hydrogens (tertiary/aromatic N) is 3. The van der Waals surface area contributed by atoms with Crippen LogP contribution in [0.4, 0.5) is 11.4 Å². The zero-order valence-electron chi connectivity index (χ0n) is 22.1. The molecule has 0 aliphatic carbocycles. The van der Waals surface area contributed by atoms with Crippen LogP contribution in [0.5, 0.6) is 0 Å². The van der Waals surface area contributed by atoms with Gasteiger partial charge < -0.3 is 21.2 Å². The molecule has 38 heavy (non-hydrogen) atoms. The van der Waals surface area contributed by atoms with Crippen LogP contribution in [0, 0.1) is 20.8 Å². The molecule has 0 aliphatic rings. The topological polar surface area (TPSA) is 170 Å². The van der Waals surface area contributed by atoms with Crippen LogP contribution in [0.1, 0.15) is 46.6 Å². The number of benzene rings is 2. The van der Waals surface area contributed by atoms with Crippen LogP contribution in [0.25, 0.3) is 22.3 Å². The van der Waals surface area contributed by atoms with E-state index in [1.165, 1.54) is 0 Å². The Balaban J connectivity index is 1.88. The number of hydrazone groups is 1. The summed E-state index contributed by atoms with van der Waals surface area (Å²) < 4.78 is 6.50. The maximum atomic E-state index is 13.5. The van der Waals surface area contributed by atoms with Gasteiger partial charge in [0.15, 0.2) is 11.3 Å². The van der Waals surface area contributed by atoms with E-state index in [0.29, 0.717) is 39.4 Å². The van der Waals surface area contributed by atoms with Crippen molar-refractivity contribution in [3.05, 3.63) is 86.3 Å². The maximum Gasteiger partial charge on any atom is 0.196 e. The van der Waals surface area contributed by atoms with E-state index in [4.69, 9.17) is 21.7 Å². The fourth-order valence-corrected chi connectivity index (χ4v) is 4.43. The summed E-state index contributed by atoms with van der Waals surface area (Å²) in [5, 5.41) is 7.84. The van der Waals surface area contributed by atoms with Crippen LogP contribution < -0.4 is 33.6 Å². The lowest BCUT2D eigenvalue weighted by Crippen LogP contribution is -2.25. The van der Waals surface area contributed by atoms with E-state index in [2.05, 4.69) is 25.9 Å². The Morgan fingerprint density at radius 2 is 1.89 bits per heavy atom. The number of hydrazine groups is 1. The number of rotatable bonds is 7. The lowest BCUT2D eigenvalue weighted by molar-refractivity contribution is 0.605. The summed E-state index contributed by atoms with van der Waals surface area (Å²) in [7, 11) is 1.68. The Labute approximate surface area is 220 Å². The molecule has 2 heterocycles. The van der Waals surface area contributed by atoms with Crippen LogP contribution in [0.3, 0.4) is 0 Å². The first-order valence-corrected chi connectivity index (χ1v) is 12.1. The second-order valence-corrected chi connectivity index (χ2v) is 9.19. The average molecular weight is 513 g/mol. The van der Waals surface area contributed by atoms with E-state index in [1.807, 2.05) is 57.2 Å². The number of hydrogen-bond acceptors (Lipinski definition) is 9. The fraction of sp³-hybridized carbons (Fsp3) is 0.214. The van der Waals surface area contributed by atoms with Crippen molar-refractivity contribution in [3.8, 4) is 11.3 Å². The highest BCUT2D eigenvalue weighted by Gasteiger charge is 2.20. The minimum atomic E-state index is -0.285. The van der Waals surface area contributed by atoms with Crippen molar-refractivity contribution in [1.82, 2.24) is 10.5 Å². The minimum absolute atomic E-state index is 0.0935. The van der Waals surface area contributed by atoms with Crippen molar-refractivity contribution in [2.45, 2.75) is 33.7 Å². The van der Waals surface area contributed by atoms with E-state index in [0.717, 1.165) is 27.9 Å². The third-order valence-electron chi connectivity index (χ3n) is 6.31. The minimum Gasteiger partial charge on any atom is -0.455 e. The summed E-state index contributed by atoms with van der Waals surface area (Å²) in [5.41, 5.74) is 21.0. The molecule has 1 atom stereocenters.